The smallest absolute Gasteiger partial charge is 0.335 e. The molecule has 0 amide bonds. The second-order valence-electron chi connectivity index (χ2n) is 7.88. The standard InChI is InChI=1S/C29H22N2O4/c32-28(33)24-9-1-22(2-10-24)18-30-26-13-5-20(6-14-26)17-21-7-15-27(16-8-21)31-19-23-3-11-25(12-4-23)29(34)35/h1-16,18-19H,17H2,(H,32,33)(H,34,35). The fourth-order valence-electron chi connectivity index (χ4n) is 3.36. The summed E-state index contributed by atoms with van der Waals surface area (Å²) in [4.78, 5) is 30.8. The van der Waals surface area contributed by atoms with Gasteiger partial charge in [-0.25, -0.2) is 9.59 Å². The molecule has 4 rings (SSSR count). The Morgan fingerprint density at radius 3 is 1.20 bits per heavy atom. The molecule has 0 radical (unpaired) electrons. The van der Waals surface area contributed by atoms with Gasteiger partial charge in [-0.15, -0.1) is 0 Å². The van der Waals surface area contributed by atoms with Crippen molar-refractivity contribution >= 4 is 35.7 Å². The van der Waals surface area contributed by atoms with Crippen LogP contribution >= 0.6 is 0 Å². The van der Waals surface area contributed by atoms with Gasteiger partial charge in [0.2, 0.25) is 0 Å². The van der Waals surface area contributed by atoms with E-state index in [-0.39, 0.29) is 11.1 Å². The van der Waals surface area contributed by atoms with Crippen molar-refractivity contribution in [1.82, 2.24) is 0 Å². The van der Waals surface area contributed by atoms with Gasteiger partial charge in [0.25, 0.3) is 0 Å². The Morgan fingerprint density at radius 2 is 0.886 bits per heavy atom. The Hall–Kier alpha value is -4.84. The molecule has 0 aliphatic rings. The summed E-state index contributed by atoms with van der Waals surface area (Å²) in [6.07, 6.45) is 4.20. The summed E-state index contributed by atoms with van der Waals surface area (Å²) >= 11 is 0. The van der Waals surface area contributed by atoms with E-state index in [1.54, 1.807) is 61.0 Å². The number of hydrogen-bond donors (Lipinski definition) is 2. The third-order valence-electron chi connectivity index (χ3n) is 5.32. The van der Waals surface area contributed by atoms with Crippen molar-refractivity contribution < 1.29 is 19.8 Å². The molecular weight excluding hydrogens is 440 g/mol. The molecule has 4 aromatic rings. The van der Waals surface area contributed by atoms with Crippen LogP contribution in [0.15, 0.2) is 107 Å². The van der Waals surface area contributed by atoms with Gasteiger partial charge < -0.3 is 10.2 Å². The van der Waals surface area contributed by atoms with Gasteiger partial charge in [-0.2, -0.15) is 0 Å². The van der Waals surface area contributed by atoms with Crippen LogP contribution in [0.3, 0.4) is 0 Å². The van der Waals surface area contributed by atoms with E-state index in [0.29, 0.717) is 0 Å². The summed E-state index contributed by atoms with van der Waals surface area (Å²) in [6.45, 7) is 0. The molecule has 0 saturated heterocycles. The van der Waals surface area contributed by atoms with E-state index in [4.69, 9.17) is 10.2 Å². The van der Waals surface area contributed by atoms with Gasteiger partial charge in [-0.3, -0.25) is 9.98 Å². The summed E-state index contributed by atoms with van der Waals surface area (Å²) < 4.78 is 0. The van der Waals surface area contributed by atoms with Crippen molar-refractivity contribution in [3.8, 4) is 0 Å². The zero-order chi connectivity index (χ0) is 24.6. The fourth-order valence-corrected chi connectivity index (χ4v) is 3.36. The van der Waals surface area contributed by atoms with Gasteiger partial charge in [0.1, 0.15) is 0 Å². The van der Waals surface area contributed by atoms with Crippen molar-refractivity contribution in [3.05, 3.63) is 130 Å². The minimum atomic E-state index is -0.948. The Bertz CT molecular complexity index is 1260. The molecule has 4 aromatic carbocycles. The monoisotopic (exact) mass is 462 g/mol. The first-order valence-electron chi connectivity index (χ1n) is 10.9. The first-order valence-corrected chi connectivity index (χ1v) is 10.9. The molecule has 0 bridgehead atoms. The largest absolute Gasteiger partial charge is 0.478 e. The topological polar surface area (TPSA) is 99.3 Å². The van der Waals surface area contributed by atoms with Gasteiger partial charge in [0, 0.05) is 12.4 Å². The van der Waals surface area contributed by atoms with Gasteiger partial charge in [-0.1, -0.05) is 48.5 Å². The summed E-state index contributed by atoms with van der Waals surface area (Å²) in [5.41, 5.74) is 6.11. The lowest BCUT2D eigenvalue weighted by molar-refractivity contribution is 0.0686. The minimum Gasteiger partial charge on any atom is -0.478 e. The lowest BCUT2D eigenvalue weighted by Crippen LogP contribution is -1.95. The second-order valence-corrected chi connectivity index (χ2v) is 7.88. The summed E-state index contributed by atoms with van der Waals surface area (Å²) in [5, 5.41) is 17.9. The van der Waals surface area contributed by atoms with Crippen LogP contribution in [0, 0.1) is 0 Å². The van der Waals surface area contributed by atoms with E-state index >= 15 is 0 Å². The normalized spacial score (nSPS) is 11.2. The van der Waals surface area contributed by atoms with Crippen molar-refractivity contribution in [3.63, 3.8) is 0 Å². The quantitative estimate of drug-likeness (QED) is 0.306. The Labute approximate surface area is 202 Å². The third-order valence-corrected chi connectivity index (χ3v) is 5.32. The number of benzene rings is 4. The fraction of sp³-hybridized carbons (Fsp3) is 0.0345. The zero-order valence-corrected chi connectivity index (χ0v) is 18.7. The van der Waals surface area contributed by atoms with Crippen molar-refractivity contribution in [2.24, 2.45) is 9.98 Å². The SMILES string of the molecule is O=C(O)c1ccc(C=Nc2ccc(Cc3ccc(N=Cc4ccc(C(=O)O)cc4)cc3)cc2)cc1. The first-order chi connectivity index (χ1) is 17.0. The number of rotatable bonds is 8. The highest BCUT2D eigenvalue weighted by Crippen LogP contribution is 2.19. The molecule has 6 nitrogen and oxygen atoms in total. The molecule has 0 spiro atoms. The van der Waals surface area contributed by atoms with Crippen molar-refractivity contribution in [2.45, 2.75) is 6.42 Å². The maximum Gasteiger partial charge on any atom is 0.335 e. The second kappa shape index (κ2) is 10.9. The Balaban J connectivity index is 1.33. The average Bonchev–Trinajstić information content (AvgIpc) is 2.88. The molecule has 0 unspecified atom stereocenters. The zero-order valence-electron chi connectivity index (χ0n) is 18.7. The van der Waals surface area contributed by atoms with Crippen LogP contribution in [0.5, 0.6) is 0 Å². The molecular formula is C29H22N2O4. The Morgan fingerprint density at radius 1 is 0.543 bits per heavy atom. The lowest BCUT2D eigenvalue weighted by atomic mass is 10.0. The highest BCUT2D eigenvalue weighted by Gasteiger charge is 2.02. The number of aliphatic imine (C=N–C) groups is 2. The number of aromatic carboxylic acids is 2. The van der Waals surface area contributed by atoms with Crippen LogP contribution < -0.4 is 0 Å². The molecule has 0 aliphatic heterocycles. The maximum atomic E-state index is 10.9. The highest BCUT2D eigenvalue weighted by molar-refractivity contribution is 5.90. The van der Waals surface area contributed by atoms with Gasteiger partial charge in [0.15, 0.2) is 0 Å². The maximum absolute atomic E-state index is 10.9. The van der Waals surface area contributed by atoms with Crippen LogP contribution in [-0.4, -0.2) is 34.6 Å². The van der Waals surface area contributed by atoms with Crippen LogP contribution in [-0.2, 0) is 6.42 Å². The van der Waals surface area contributed by atoms with Crippen LogP contribution in [0.2, 0.25) is 0 Å². The Kier molecular flexibility index (Phi) is 7.23. The third kappa shape index (κ3) is 6.58. The van der Waals surface area contributed by atoms with Crippen LogP contribution in [0.4, 0.5) is 11.4 Å². The molecule has 0 saturated carbocycles. The van der Waals surface area contributed by atoms with Gasteiger partial charge >= 0.3 is 11.9 Å². The molecule has 35 heavy (non-hydrogen) atoms. The van der Waals surface area contributed by atoms with Gasteiger partial charge in [0.05, 0.1) is 22.5 Å². The average molecular weight is 463 g/mol. The van der Waals surface area contributed by atoms with E-state index in [0.717, 1.165) is 40.0 Å². The highest BCUT2D eigenvalue weighted by atomic mass is 16.4. The van der Waals surface area contributed by atoms with Crippen LogP contribution in [0.25, 0.3) is 0 Å². The summed E-state index contributed by atoms with van der Waals surface area (Å²) in [5.74, 6) is -1.90. The lowest BCUT2D eigenvalue weighted by Gasteiger charge is -2.04. The molecule has 172 valence electrons. The molecule has 0 aliphatic carbocycles. The number of carbonyl (C=O) groups is 2. The predicted octanol–water partition coefficient (Wildman–Crippen LogP) is 6.18. The molecule has 0 atom stereocenters. The number of carboxylic acids is 2. The number of nitrogens with zero attached hydrogens (tertiary/aromatic N) is 2. The van der Waals surface area contributed by atoms with Crippen LogP contribution in [0.1, 0.15) is 43.0 Å². The van der Waals surface area contributed by atoms with E-state index in [1.165, 1.54) is 0 Å². The minimum absolute atomic E-state index is 0.249. The van der Waals surface area contributed by atoms with E-state index in [2.05, 4.69) is 9.98 Å². The molecule has 0 heterocycles. The van der Waals surface area contributed by atoms with Crippen molar-refractivity contribution in [1.29, 1.82) is 0 Å². The van der Waals surface area contributed by atoms with E-state index in [1.807, 2.05) is 48.5 Å². The number of carboxylic acid groups (broad SMARTS) is 2. The molecule has 0 aromatic heterocycles. The number of hydrogen-bond acceptors (Lipinski definition) is 4. The molecule has 6 heteroatoms. The van der Waals surface area contributed by atoms with Gasteiger partial charge in [-0.05, 0) is 77.2 Å². The van der Waals surface area contributed by atoms with E-state index < -0.39 is 11.9 Å². The van der Waals surface area contributed by atoms with Crippen molar-refractivity contribution in [2.75, 3.05) is 0 Å². The first kappa shape index (κ1) is 23.3. The predicted molar refractivity (Wildman–Crippen MR) is 137 cm³/mol. The summed E-state index contributed by atoms with van der Waals surface area (Å²) in [7, 11) is 0. The van der Waals surface area contributed by atoms with E-state index in [9.17, 15) is 9.59 Å². The molecule has 0 fully saturated rings. The summed E-state index contributed by atoms with van der Waals surface area (Å²) in [6, 6.07) is 29.1. The molecule has 2 N–H and O–H groups in total.